The molecule has 0 heterocycles. The number of ether oxygens (including phenoxy) is 1. The molecule has 0 saturated carbocycles. The van der Waals surface area contributed by atoms with Gasteiger partial charge in [-0.2, -0.15) is 0 Å². The number of esters is 1. The molecule has 6 heteroatoms. The molecule has 1 rings (SSSR count). The van der Waals surface area contributed by atoms with Crippen LogP contribution >= 0.6 is 11.8 Å². The Bertz CT molecular complexity index is 467. The highest BCUT2D eigenvalue weighted by atomic mass is 32.2. The minimum absolute atomic E-state index is 0.0684. The van der Waals surface area contributed by atoms with Crippen molar-refractivity contribution in [1.29, 1.82) is 0 Å². The van der Waals surface area contributed by atoms with Crippen molar-refractivity contribution in [3.8, 4) is 0 Å². The predicted molar refractivity (Wildman–Crippen MR) is 76.0 cm³/mol. The lowest BCUT2D eigenvalue weighted by Crippen LogP contribution is -2.37. The summed E-state index contributed by atoms with van der Waals surface area (Å²) in [5.74, 6) is -0.911. The highest BCUT2D eigenvalue weighted by Gasteiger charge is 2.17. The van der Waals surface area contributed by atoms with Gasteiger partial charge in [-0.1, -0.05) is 19.1 Å². The number of thioether (sulfide) groups is 1. The quantitative estimate of drug-likeness (QED) is 0.572. The molecule has 0 saturated heterocycles. The van der Waals surface area contributed by atoms with Crippen molar-refractivity contribution >= 4 is 23.6 Å². The highest BCUT2D eigenvalue weighted by Crippen LogP contribution is 2.21. The first-order valence-corrected chi connectivity index (χ1v) is 7.29. The second kappa shape index (κ2) is 8.58. The van der Waals surface area contributed by atoms with E-state index in [2.05, 4.69) is 4.74 Å². The largest absolute Gasteiger partial charge is 0.468 e. The number of amides is 1. The zero-order valence-corrected chi connectivity index (χ0v) is 12.4. The predicted octanol–water partition coefficient (Wildman–Crippen LogP) is 2.33. The van der Waals surface area contributed by atoms with E-state index in [0.717, 1.165) is 18.2 Å². The van der Waals surface area contributed by atoms with E-state index in [4.69, 9.17) is 0 Å². The first-order valence-electron chi connectivity index (χ1n) is 6.30. The molecule has 0 N–H and O–H groups in total. The Labute approximate surface area is 122 Å². The maximum atomic E-state index is 13.4. The van der Waals surface area contributed by atoms with Crippen LogP contribution in [0.5, 0.6) is 0 Å². The first-order chi connectivity index (χ1) is 9.58. The molecule has 0 atom stereocenters. The Morgan fingerprint density at radius 2 is 2.05 bits per heavy atom. The molecule has 20 heavy (non-hydrogen) atoms. The van der Waals surface area contributed by atoms with E-state index in [1.807, 2.05) is 6.92 Å². The normalized spacial score (nSPS) is 10.2. The molecule has 0 aliphatic heterocycles. The number of carbonyl (C=O) groups is 2. The molecule has 0 unspecified atom stereocenters. The minimum atomic E-state index is -0.456. The maximum Gasteiger partial charge on any atom is 0.325 e. The molecular weight excluding hydrogens is 281 g/mol. The third-order valence-electron chi connectivity index (χ3n) is 2.58. The average molecular weight is 299 g/mol. The summed E-state index contributed by atoms with van der Waals surface area (Å²) in [5.41, 5.74) is 0. The van der Waals surface area contributed by atoms with Crippen LogP contribution in [0.15, 0.2) is 29.2 Å². The Morgan fingerprint density at radius 1 is 1.35 bits per heavy atom. The summed E-state index contributed by atoms with van der Waals surface area (Å²) < 4.78 is 18.0. The third-order valence-corrected chi connectivity index (χ3v) is 3.62. The van der Waals surface area contributed by atoms with Gasteiger partial charge in [-0.15, -0.1) is 11.8 Å². The minimum Gasteiger partial charge on any atom is -0.468 e. The molecule has 4 nitrogen and oxygen atoms in total. The van der Waals surface area contributed by atoms with E-state index in [1.165, 1.54) is 18.1 Å². The van der Waals surface area contributed by atoms with Gasteiger partial charge in [0.05, 0.1) is 12.9 Å². The molecule has 0 spiro atoms. The summed E-state index contributed by atoms with van der Waals surface area (Å²) in [6.45, 7) is 2.33. The maximum absolute atomic E-state index is 13.4. The van der Waals surface area contributed by atoms with E-state index >= 15 is 0 Å². The van der Waals surface area contributed by atoms with Gasteiger partial charge in [0.1, 0.15) is 12.4 Å². The number of rotatable bonds is 7. The van der Waals surface area contributed by atoms with Gasteiger partial charge >= 0.3 is 5.97 Å². The van der Waals surface area contributed by atoms with Crippen molar-refractivity contribution in [3.63, 3.8) is 0 Å². The lowest BCUT2D eigenvalue weighted by atomic mass is 10.3. The lowest BCUT2D eigenvalue weighted by molar-refractivity contribution is -0.146. The Kier molecular flexibility index (Phi) is 7.08. The zero-order valence-electron chi connectivity index (χ0n) is 11.6. The van der Waals surface area contributed by atoms with Crippen LogP contribution < -0.4 is 0 Å². The molecule has 0 aliphatic carbocycles. The highest BCUT2D eigenvalue weighted by molar-refractivity contribution is 8.00. The van der Waals surface area contributed by atoms with Gasteiger partial charge in [-0.25, -0.2) is 4.39 Å². The molecule has 1 amide bonds. The summed E-state index contributed by atoms with van der Waals surface area (Å²) in [6.07, 6.45) is 0.743. The fourth-order valence-electron chi connectivity index (χ4n) is 1.57. The van der Waals surface area contributed by atoms with Gasteiger partial charge in [-0.05, 0) is 18.6 Å². The van der Waals surface area contributed by atoms with Crippen molar-refractivity contribution in [3.05, 3.63) is 30.1 Å². The summed E-state index contributed by atoms with van der Waals surface area (Å²) in [6, 6.07) is 6.29. The monoisotopic (exact) mass is 299 g/mol. The van der Waals surface area contributed by atoms with Crippen LogP contribution in [-0.2, 0) is 14.3 Å². The molecule has 0 radical (unpaired) electrons. The average Bonchev–Trinajstić information content (AvgIpc) is 2.45. The van der Waals surface area contributed by atoms with Crippen molar-refractivity contribution in [1.82, 2.24) is 4.90 Å². The Hall–Kier alpha value is -1.56. The van der Waals surface area contributed by atoms with Gasteiger partial charge in [0.15, 0.2) is 0 Å². The number of nitrogens with zero attached hydrogens (tertiary/aromatic N) is 1. The number of hydrogen-bond acceptors (Lipinski definition) is 4. The fraction of sp³-hybridized carbons (Fsp3) is 0.429. The summed E-state index contributed by atoms with van der Waals surface area (Å²) in [4.78, 5) is 25.1. The molecule has 0 aliphatic rings. The van der Waals surface area contributed by atoms with E-state index in [9.17, 15) is 14.0 Å². The molecule has 1 aromatic rings. The molecule has 0 fully saturated rings. The Morgan fingerprint density at radius 3 is 2.65 bits per heavy atom. The number of methoxy groups -OCH3 is 1. The molecule has 1 aromatic carbocycles. The first kappa shape index (κ1) is 16.5. The fourth-order valence-corrected chi connectivity index (χ4v) is 2.42. The zero-order chi connectivity index (χ0) is 15.0. The van der Waals surface area contributed by atoms with Gasteiger partial charge in [0.2, 0.25) is 5.91 Å². The second-order valence-corrected chi connectivity index (χ2v) is 5.13. The summed E-state index contributed by atoms with van der Waals surface area (Å²) >= 11 is 1.13. The van der Waals surface area contributed by atoms with Crippen LogP contribution in [-0.4, -0.2) is 42.7 Å². The number of hydrogen-bond donors (Lipinski definition) is 0. The molecule has 0 aromatic heterocycles. The van der Waals surface area contributed by atoms with Crippen LogP contribution in [0.1, 0.15) is 13.3 Å². The van der Waals surface area contributed by atoms with Gasteiger partial charge < -0.3 is 9.64 Å². The molecule has 0 bridgehead atoms. The van der Waals surface area contributed by atoms with E-state index in [0.29, 0.717) is 11.4 Å². The van der Waals surface area contributed by atoms with E-state index in [-0.39, 0.29) is 24.0 Å². The van der Waals surface area contributed by atoms with Crippen LogP contribution in [0, 0.1) is 5.82 Å². The van der Waals surface area contributed by atoms with Crippen molar-refractivity contribution in [2.24, 2.45) is 0 Å². The van der Waals surface area contributed by atoms with Gasteiger partial charge in [0, 0.05) is 11.4 Å². The summed E-state index contributed by atoms with van der Waals surface area (Å²) in [7, 11) is 1.28. The second-order valence-electron chi connectivity index (χ2n) is 4.11. The van der Waals surface area contributed by atoms with Gasteiger partial charge in [0.25, 0.3) is 0 Å². The van der Waals surface area contributed by atoms with Crippen LogP contribution in [0.25, 0.3) is 0 Å². The number of carbonyl (C=O) groups excluding carboxylic acids is 2. The van der Waals surface area contributed by atoms with E-state index < -0.39 is 5.97 Å². The standard InChI is InChI=1S/C14H18FNO3S/c1-3-8-16(9-14(18)19-2)13(17)10-20-12-7-5-4-6-11(12)15/h4-7H,3,8-10H2,1-2H3. The Balaban J connectivity index is 2.58. The topological polar surface area (TPSA) is 46.6 Å². The number of halogens is 1. The van der Waals surface area contributed by atoms with E-state index in [1.54, 1.807) is 18.2 Å². The lowest BCUT2D eigenvalue weighted by Gasteiger charge is -2.20. The molecular formula is C14H18FNO3S. The smallest absolute Gasteiger partial charge is 0.325 e. The van der Waals surface area contributed by atoms with Crippen molar-refractivity contribution in [2.45, 2.75) is 18.2 Å². The van der Waals surface area contributed by atoms with Crippen molar-refractivity contribution < 1.29 is 18.7 Å². The molecule has 110 valence electrons. The SMILES string of the molecule is CCCN(CC(=O)OC)C(=O)CSc1ccccc1F. The van der Waals surface area contributed by atoms with Crippen LogP contribution in [0.2, 0.25) is 0 Å². The summed E-state index contributed by atoms with van der Waals surface area (Å²) in [5, 5.41) is 0. The number of benzene rings is 1. The van der Waals surface area contributed by atoms with Crippen molar-refractivity contribution in [2.75, 3.05) is 26.0 Å². The third kappa shape index (κ3) is 5.21. The van der Waals surface area contributed by atoms with Crippen LogP contribution in [0.3, 0.4) is 0 Å². The van der Waals surface area contributed by atoms with Gasteiger partial charge in [-0.3, -0.25) is 9.59 Å². The van der Waals surface area contributed by atoms with Crippen LogP contribution in [0.4, 0.5) is 4.39 Å².